The number of nitrogens with two attached hydrogens (primary N) is 1. The first-order valence-corrected chi connectivity index (χ1v) is 11.0. The summed E-state index contributed by atoms with van der Waals surface area (Å²) in [4.78, 5) is 19.5. The van der Waals surface area contributed by atoms with Crippen molar-refractivity contribution >= 4 is 11.6 Å². The summed E-state index contributed by atoms with van der Waals surface area (Å²) in [7, 11) is 0. The highest BCUT2D eigenvalue weighted by Gasteiger charge is 2.36. The van der Waals surface area contributed by atoms with Crippen molar-refractivity contribution in [3.63, 3.8) is 0 Å². The van der Waals surface area contributed by atoms with Crippen LogP contribution < -0.4 is 20.7 Å². The van der Waals surface area contributed by atoms with Crippen LogP contribution in [-0.2, 0) is 0 Å². The Morgan fingerprint density at radius 3 is 2.79 bits per heavy atom. The Morgan fingerprint density at radius 2 is 2.18 bits per heavy atom. The first-order valence-electron chi connectivity index (χ1n) is 11.0. The molecule has 1 aliphatic heterocycles. The van der Waals surface area contributed by atoms with E-state index in [1.165, 1.54) is 18.3 Å². The molecule has 1 unspecified atom stereocenters. The molecular weight excluding hydrogens is 428 g/mol. The monoisotopic (exact) mass is 455 g/mol. The molecule has 2 aromatic rings. The lowest BCUT2D eigenvalue weighted by atomic mass is 9.97. The number of hydrogen-bond acceptors (Lipinski definition) is 6. The van der Waals surface area contributed by atoms with E-state index in [1.54, 1.807) is 12.1 Å². The molecule has 2 atom stereocenters. The van der Waals surface area contributed by atoms with Crippen molar-refractivity contribution < 1.29 is 18.3 Å². The zero-order valence-corrected chi connectivity index (χ0v) is 18.6. The van der Waals surface area contributed by atoms with Gasteiger partial charge in [0.1, 0.15) is 17.5 Å². The summed E-state index contributed by atoms with van der Waals surface area (Å²) in [6.07, 6.45) is 4.28. The Bertz CT molecular complexity index is 1090. The minimum atomic E-state index is -2.98. The summed E-state index contributed by atoms with van der Waals surface area (Å²) in [5.74, 6) is 0.137. The second-order valence-electron chi connectivity index (χ2n) is 9.19. The van der Waals surface area contributed by atoms with E-state index >= 15 is 0 Å². The van der Waals surface area contributed by atoms with E-state index < -0.39 is 12.2 Å². The van der Waals surface area contributed by atoms with Crippen LogP contribution in [0.3, 0.4) is 0 Å². The minimum absolute atomic E-state index is 0.0190. The molecule has 1 aliphatic carbocycles. The molecule has 1 saturated carbocycles. The van der Waals surface area contributed by atoms with Crippen LogP contribution in [-0.4, -0.2) is 42.2 Å². The number of ether oxygens (including phenoxy) is 1. The van der Waals surface area contributed by atoms with Crippen molar-refractivity contribution in [3.8, 4) is 22.9 Å². The molecule has 7 nitrogen and oxygen atoms in total. The van der Waals surface area contributed by atoms with Crippen LogP contribution >= 0.6 is 0 Å². The highest BCUT2D eigenvalue weighted by atomic mass is 19.3. The first kappa shape index (κ1) is 22.9. The van der Waals surface area contributed by atoms with E-state index in [4.69, 9.17) is 5.73 Å². The number of carbonyl (C=O) groups is 1. The van der Waals surface area contributed by atoms with Gasteiger partial charge in [-0.1, -0.05) is 12.1 Å². The summed E-state index contributed by atoms with van der Waals surface area (Å²) in [5.41, 5.74) is 7.72. The average molecular weight is 456 g/mol. The van der Waals surface area contributed by atoms with Crippen molar-refractivity contribution in [2.45, 2.75) is 51.3 Å². The van der Waals surface area contributed by atoms with Gasteiger partial charge in [0.2, 0.25) is 0 Å². The minimum Gasteiger partial charge on any atom is -0.435 e. The molecular formula is C24H27F2N5O2. The van der Waals surface area contributed by atoms with Crippen molar-refractivity contribution in [3.05, 3.63) is 41.7 Å². The maximum atomic E-state index is 13.3. The number of rotatable bonds is 7. The second kappa shape index (κ2) is 8.94. The number of hydrogen-bond donors (Lipinski definition) is 2. The Morgan fingerprint density at radius 1 is 1.42 bits per heavy atom. The highest BCUT2D eigenvalue weighted by molar-refractivity contribution is 6.04. The van der Waals surface area contributed by atoms with E-state index in [-0.39, 0.29) is 23.4 Å². The van der Waals surface area contributed by atoms with Gasteiger partial charge < -0.3 is 20.7 Å². The van der Waals surface area contributed by atoms with E-state index in [0.717, 1.165) is 12.8 Å². The van der Waals surface area contributed by atoms with Crippen molar-refractivity contribution in [1.29, 1.82) is 5.26 Å². The second-order valence-corrected chi connectivity index (χ2v) is 9.19. The molecule has 0 bridgehead atoms. The number of nitrogens with zero attached hydrogens (tertiary/aromatic N) is 3. The van der Waals surface area contributed by atoms with Gasteiger partial charge in [0.25, 0.3) is 5.91 Å². The van der Waals surface area contributed by atoms with Gasteiger partial charge in [0, 0.05) is 36.4 Å². The SMILES string of the molecule is CC(NC(=O)c1cnc(C#N)c(-c2cccc(OC(F)F)c2)c1N1CC[C@](C)(N)C1)C1CC1. The lowest BCUT2D eigenvalue weighted by molar-refractivity contribution is -0.0498. The van der Waals surface area contributed by atoms with Crippen LogP contribution in [0.1, 0.15) is 49.2 Å². The van der Waals surface area contributed by atoms with Crippen LogP contribution in [0.25, 0.3) is 11.1 Å². The van der Waals surface area contributed by atoms with Gasteiger partial charge in [-0.05, 0) is 56.7 Å². The molecule has 33 heavy (non-hydrogen) atoms. The summed E-state index contributed by atoms with van der Waals surface area (Å²) in [6, 6.07) is 8.20. The molecule has 0 spiro atoms. The maximum absolute atomic E-state index is 13.3. The molecule has 2 fully saturated rings. The molecule has 4 rings (SSSR count). The number of amides is 1. The van der Waals surface area contributed by atoms with Crippen LogP contribution in [0.5, 0.6) is 5.75 Å². The Kier molecular flexibility index (Phi) is 6.21. The highest BCUT2D eigenvalue weighted by Crippen LogP contribution is 2.40. The topological polar surface area (TPSA) is 104 Å². The van der Waals surface area contributed by atoms with E-state index in [2.05, 4.69) is 21.1 Å². The van der Waals surface area contributed by atoms with Crippen molar-refractivity contribution in [2.75, 3.05) is 18.0 Å². The fourth-order valence-corrected chi connectivity index (χ4v) is 4.36. The van der Waals surface area contributed by atoms with Crippen molar-refractivity contribution in [1.82, 2.24) is 10.3 Å². The summed E-state index contributed by atoms with van der Waals surface area (Å²) in [5, 5.41) is 12.9. The number of pyridine rings is 1. The summed E-state index contributed by atoms with van der Waals surface area (Å²) < 4.78 is 30.2. The first-order chi connectivity index (χ1) is 15.7. The number of alkyl halides is 2. The predicted molar refractivity (Wildman–Crippen MR) is 120 cm³/mol. The van der Waals surface area contributed by atoms with Gasteiger partial charge in [0.05, 0.1) is 11.3 Å². The van der Waals surface area contributed by atoms with E-state index in [1.807, 2.05) is 18.7 Å². The Balaban J connectivity index is 1.85. The summed E-state index contributed by atoms with van der Waals surface area (Å²) >= 11 is 0. The molecule has 9 heteroatoms. The number of aromatic nitrogens is 1. The number of nitrogens with one attached hydrogen (secondary N) is 1. The quantitative estimate of drug-likeness (QED) is 0.660. The fourth-order valence-electron chi connectivity index (χ4n) is 4.36. The fraction of sp³-hybridized carbons (Fsp3) is 0.458. The number of carbonyl (C=O) groups excluding carboxylic acids is 1. The molecule has 1 aromatic carbocycles. The number of benzene rings is 1. The van der Waals surface area contributed by atoms with Gasteiger partial charge in [-0.25, -0.2) is 4.98 Å². The molecule has 1 saturated heterocycles. The van der Waals surface area contributed by atoms with Gasteiger partial charge in [-0.3, -0.25) is 4.79 Å². The molecule has 174 valence electrons. The van der Waals surface area contributed by atoms with Gasteiger partial charge >= 0.3 is 6.61 Å². The third-order valence-corrected chi connectivity index (χ3v) is 6.26. The molecule has 1 amide bonds. The van der Waals surface area contributed by atoms with E-state index in [0.29, 0.717) is 47.8 Å². The number of anilines is 1. The number of halogens is 2. The normalized spacial score (nSPS) is 21.1. The number of nitriles is 1. The zero-order chi connectivity index (χ0) is 23.8. The van der Waals surface area contributed by atoms with Gasteiger partial charge in [-0.2, -0.15) is 14.0 Å². The third kappa shape index (κ3) is 5.06. The summed E-state index contributed by atoms with van der Waals surface area (Å²) in [6.45, 7) is 1.99. The third-order valence-electron chi connectivity index (χ3n) is 6.26. The molecule has 2 aliphatic rings. The van der Waals surface area contributed by atoms with Gasteiger partial charge in [0.15, 0.2) is 0 Å². The van der Waals surface area contributed by atoms with Crippen LogP contribution in [0.2, 0.25) is 0 Å². The standard InChI is InChI=1S/C24H27F2N5O2/c1-14(15-6-7-15)30-22(32)18-12-29-19(11-27)20(21(18)31-9-8-24(2,28)13-31)16-4-3-5-17(10-16)33-23(25)26/h3-5,10,12,14-15,23H,6-9,13,28H2,1-2H3,(H,30,32)/t14?,24-/m0/s1. The Hall–Kier alpha value is -3.25. The molecule has 1 aromatic heterocycles. The van der Waals surface area contributed by atoms with Gasteiger partial charge in [-0.15, -0.1) is 0 Å². The Labute approximate surface area is 191 Å². The maximum Gasteiger partial charge on any atom is 0.387 e. The van der Waals surface area contributed by atoms with Crippen LogP contribution in [0, 0.1) is 17.2 Å². The smallest absolute Gasteiger partial charge is 0.387 e. The predicted octanol–water partition coefficient (Wildman–Crippen LogP) is 3.68. The van der Waals surface area contributed by atoms with Crippen LogP contribution in [0.4, 0.5) is 14.5 Å². The molecule has 2 heterocycles. The lowest BCUT2D eigenvalue weighted by Crippen LogP contribution is -2.40. The zero-order valence-electron chi connectivity index (χ0n) is 18.6. The largest absolute Gasteiger partial charge is 0.435 e. The molecule has 0 radical (unpaired) electrons. The lowest BCUT2D eigenvalue weighted by Gasteiger charge is -2.27. The molecule has 3 N–H and O–H groups in total. The van der Waals surface area contributed by atoms with Crippen LogP contribution in [0.15, 0.2) is 30.5 Å². The average Bonchev–Trinajstić information content (AvgIpc) is 3.55. The van der Waals surface area contributed by atoms with Crippen molar-refractivity contribution in [2.24, 2.45) is 11.7 Å². The van der Waals surface area contributed by atoms with E-state index in [9.17, 15) is 18.8 Å².